The van der Waals surface area contributed by atoms with Gasteiger partial charge in [0.2, 0.25) is 0 Å². The number of nitriles is 2. The molecule has 2 aliphatic heterocycles. The van der Waals surface area contributed by atoms with Crippen molar-refractivity contribution in [2.24, 2.45) is 0 Å². The van der Waals surface area contributed by atoms with E-state index in [0.717, 1.165) is 11.3 Å². The van der Waals surface area contributed by atoms with Crippen LogP contribution in [0.2, 0.25) is 0 Å². The van der Waals surface area contributed by atoms with Crippen LogP contribution < -0.4 is 0 Å². The van der Waals surface area contributed by atoms with Crippen LogP contribution in [0.4, 0.5) is 4.39 Å². The van der Waals surface area contributed by atoms with E-state index in [1.807, 2.05) is 6.07 Å². The lowest BCUT2D eigenvalue weighted by molar-refractivity contribution is 0.0712. The molecule has 2 atom stereocenters. The van der Waals surface area contributed by atoms with E-state index in [4.69, 9.17) is 10.00 Å². The number of benzene rings is 1. The monoisotopic (exact) mass is 397 g/mol. The smallest absolute Gasteiger partial charge is 0.266 e. The molecule has 7 nitrogen and oxygen atoms in total. The van der Waals surface area contributed by atoms with Crippen molar-refractivity contribution >= 4 is 17.2 Å². The topological polar surface area (TPSA) is 93.2 Å². The maximum Gasteiger partial charge on any atom is 0.266 e. The molecule has 1 aromatic carbocycles. The molecule has 0 unspecified atom stereocenters. The molecule has 1 amide bonds. The summed E-state index contributed by atoms with van der Waals surface area (Å²) in [7, 11) is 1.59. The number of hydrogen-bond donors (Lipinski definition) is 0. The van der Waals surface area contributed by atoms with Crippen LogP contribution in [0.1, 0.15) is 27.3 Å². The Hall–Kier alpha value is -3.01. The Morgan fingerprint density at radius 3 is 2.93 bits per heavy atom. The van der Waals surface area contributed by atoms with Crippen molar-refractivity contribution in [2.45, 2.75) is 25.0 Å². The Morgan fingerprint density at radius 2 is 2.25 bits per heavy atom. The van der Waals surface area contributed by atoms with Gasteiger partial charge in [-0.25, -0.2) is 9.37 Å². The Bertz CT molecular complexity index is 1020. The van der Waals surface area contributed by atoms with E-state index in [0.29, 0.717) is 41.7 Å². The summed E-state index contributed by atoms with van der Waals surface area (Å²) in [6, 6.07) is 6.25. The maximum atomic E-state index is 14.4. The molecule has 1 saturated heterocycles. The van der Waals surface area contributed by atoms with Gasteiger partial charge in [0.15, 0.2) is 12.0 Å². The number of carbonyl (C=O) groups excluding carboxylic acids is 1. The van der Waals surface area contributed by atoms with Crippen molar-refractivity contribution < 1.29 is 13.9 Å². The molecule has 1 fully saturated rings. The van der Waals surface area contributed by atoms with Gasteiger partial charge in [-0.05, 0) is 18.6 Å². The van der Waals surface area contributed by atoms with E-state index in [-0.39, 0.29) is 29.1 Å². The van der Waals surface area contributed by atoms with Crippen molar-refractivity contribution in [1.29, 1.82) is 10.5 Å². The first kappa shape index (κ1) is 18.4. The lowest BCUT2D eigenvalue weighted by Gasteiger charge is -2.22. The third-order valence-electron chi connectivity index (χ3n) is 5.14. The van der Waals surface area contributed by atoms with Crippen LogP contribution in [-0.2, 0) is 11.3 Å². The molecular weight excluding hydrogens is 381 g/mol. The minimum Gasteiger partial charge on any atom is -0.383 e. The fourth-order valence-corrected chi connectivity index (χ4v) is 4.82. The molecule has 0 N–H and O–H groups in total. The molecule has 2 aromatic rings. The van der Waals surface area contributed by atoms with Gasteiger partial charge in [0.05, 0.1) is 36.5 Å². The third kappa shape index (κ3) is 2.89. The van der Waals surface area contributed by atoms with E-state index in [1.54, 1.807) is 29.0 Å². The largest absolute Gasteiger partial charge is 0.383 e. The second-order valence-corrected chi connectivity index (χ2v) is 7.76. The summed E-state index contributed by atoms with van der Waals surface area (Å²) in [6.07, 6.45) is 2.82. The van der Waals surface area contributed by atoms with Gasteiger partial charge < -0.3 is 14.5 Å². The molecule has 3 heterocycles. The summed E-state index contributed by atoms with van der Waals surface area (Å²) in [6.45, 7) is 1.25. The first-order valence-corrected chi connectivity index (χ1v) is 9.54. The number of aromatic nitrogens is 1. The van der Waals surface area contributed by atoms with Crippen LogP contribution in [0.15, 0.2) is 18.2 Å². The van der Waals surface area contributed by atoms with E-state index in [9.17, 15) is 14.4 Å². The average Bonchev–Trinajstić information content (AvgIpc) is 3.36. The number of ether oxygens (including phenoxy) is 1. The quantitative estimate of drug-likeness (QED) is 0.735. The highest BCUT2D eigenvalue weighted by molar-refractivity contribution is 7.17. The summed E-state index contributed by atoms with van der Waals surface area (Å²) < 4.78 is 19.6. The first-order chi connectivity index (χ1) is 13.6. The zero-order chi connectivity index (χ0) is 19.8. The van der Waals surface area contributed by atoms with Crippen LogP contribution in [0.5, 0.6) is 0 Å². The van der Waals surface area contributed by atoms with Crippen molar-refractivity contribution in [3.05, 3.63) is 40.2 Å². The number of amides is 1. The number of methoxy groups -OCH3 is 1. The molecular formula is C19H16FN5O2S. The maximum absolute atomic E-state index is 14.4. The standard InChI is InChI=1S/C19H16FN5O2S/c1-27-9-13-5-12(7-24(13)10-22)25-8-15-17(19(25)26)28-18(23-15)14-4-2-3-11(6-21)16(14)20/h2-4,12-13H,5,7-9H2,1H3/t12-,13+/m1/s1. The average molecular weight is 397 g/mol. The van der Waals surface area contributed by atoms with Gasteiger partial charge in [0, 0.05) is 19.2 Å². The fraction of sp³-hybridized carbons (Fsp3) is 0.368. The van der Waals surface area contributed by atoms with Crippen molar-refractivity contribution in [2.75, 3.05) is 20.3 Å². The Labute approximate surface area is 165 Å². The second-order valence-electron chi connectivity index (χ2n) is 6.76. The molecule has 1 aromatic heterocycles. The third-order valence-corrected chi connectivity index (χ3v) is 6.26. The van der Waals surface area contributed by atoms with Gasteiger partial charge >= 0.3 is 0 Å². The van der Waals surface area contributed by atoms with Gasteiger partial charge in [-0.1, -0.05) is 6.07 Å². The van der Waals surface area contributed by atoms with Gasteiger partial charge in [-0.15, -0.1) is 11.3 Å². The molecule has 0 saturated carbocycles. The van der Waals surface area contributed by atoms with E-state index in [1.165, 1.54) is 6.07 Å². The van der Waals surface area contributed by atoms with Crippen LogP contribution >= 0.6 is 11.3 Å². The number of thiazole rings is 1. The number of nitrogens with zero attached hydrogens (tertiary/aromatic N) is 5. The first-order valence-electron chi connectivity index (χ1n) is 8.72. The highest BCUT2D eigenvalue weighted by Gasteiger charge is 2.42. The number of halogens is 1. The lowest BCUT2D eigenvalue weighted by atomic mass is 10.1. The lowest BCUT2D eigenvalue weighted by Crippen LogP contribution is -2.37. The molecule has 142 valence electrons. The van der Waals surface area contributed by atoms with E-state index < -0.39 is 5.82 Å². The second kappa shape index (κ2) is 7.19. The predicted octanol–water partition coefficient (Wildman–Crippen LogP) is 2.35. The molecule has 4 rings (SSSR count). The number of carbonyl (C=O) groups is 1. The summed E-state index contributed by atoms with van der Waals surface area (Å²) >= 11 is 1.14. The number of rotatable bonds is 4. The van der Waals surface area contributed by atoms with Gasteiger partial charge in [0.25, 0.3) is 5.91 Å². The summed E-state index contributed by atoms with van der Waals surface area (Å²) in [5, 5.41) is 18.7. The Kier molecular flexibility index (Phi) is 4.71. The molecule has 28 heavy (non-hydrogen) atoms. The predicted molar refractivity (Wildman–Crippen MR) is 98.5 cm³/mol. The summed E-state index contributed by atoms with van der Waals surface area (Å²) in [4.78, 5) is 21.3. The molecule has 0 bridgehead atoms. The normalized spacial score (nSPS) is 20.9. The van der Waals surface area contributed by atoms with Crippen LogP contribution in [-0.4, -0.2) is 53.0 Å². The van der Waals surface area contributed by atoms with E-state index >= 15 is 0 Å². The minimum absolute atomic E-state index is 0.0437. The number of fused-ring (bicyclic) bond motifs is 1. The van der Waals surface area contributed by atoms with Gasteiger partial charge in [-0.3, -0.25) is 4.79 Å². The highest BCUT2D eigenvalue weighted by atomic mass is 32.1. The fourth-order valence-electron chi connectivity index (χ4n) is 3.77. The summed E-state index contributed by atoms with van der Waals surface area (Å²) in [5.41, 5.74) is 0.799. The Morgan fingerprint density at radius 1 is 1.43 bits per heavy atom. The molecule has 2 aliphatic rings. The van der Waals surface area contributed by atoms with Crippen molar-refractivity contribution in [3.63, 3.8) is 0 Å². The Balaban J connectivity index is 1.57. The van der Waals surface area contributed by atoms with E-state index in [2.05, 4.69) is 11.2 Å². The molecule has 0 spiro atoms. The molecule has 0 radical (unpaired) electrons. The molecule has 9 heteroatoms. The van der Waals surface area contributed by atoms with Crippen LogP contribution in [0, 0.1) is 28.6 Å². The molecule has 0 aliphatic carbocycles. The summed E-state index contributed by atoms with van der Waals surface area (Å²) in [5.74, 6) is -0.763. The zero-order valence-corrected chi connectivity index (χ0v) is 15.9. The van der Waals surface area contributed by atoms with Gasteiger partial charge in [0.1, 0.15) is 16.0 Å². The highest BCUT2D eigenvalue weighted by Crippen LogP contribution is 2.37. The van der Waals surface area contributed by atoms with Crippen molar-refractivity contribution in [1.82, 2.24) is 14.8 Å². The van der Waals surface area contributed by atoms with Crippen molar-refractivity contribution in [3.8, 4) is 22.8 Å². The SMILES string of the molecule is COC[C@@H]1C[C@@H](N2Cc3nc(-c4cccc(C#N)c4F)sc3C2=O)CN1C#N. The minimum atomic E-state index is -0.621. The van der Waals surface area contributed by atoms with Gasteiger partial charge in [-0.2, -0.15) is 10.5 Å². The zero-order valence-electron chi connectivity index (χ0n) is 15.1. The number of hydrogen-bond acceptors (Lipinski definition) is 7. The van der Waals surface area contributed by atoms with Crippen LogP contribution in [0.3, 0.4) is 0 Å². The van der Waals surface area contributed by atoms with Crippen LogP contribution in [0.25, 0.3) is 10.6 Å². The number of likely N-dealkylation sites (tertiary alicyclic amines) is 1.